The summed E-state index contributed by atoms with van der Waals surface area (Å²) in [5.74, 6) is 0.936. The Morgan fingerprint density at radius 1 is 1.22 bits per heavy atom. The number of benzene rings is 1. The van der Waals surface area contributed by atoms with Gasteiger partial charge >= 0.3 is 0 Å². The van der Waals surface area contributed by atoms with Gasteiger partial charge in [-0.3, -0.25) is 0 Å². The smallest absolute Gasteiger partial charge is 0.118 e. The van der Waals surface area contributed by atoms with E-state index in [1.54, 1.807) is 7.11 Å². The Hall–Kier alpha value is -1.06. The summed E-state index contributed by atoms with van der Waals surface area (Å²) in [4.78, 5) is 2.51. The van der Waals surface area contributed by atoms with Crippen molar-refractivity contribution >= 4 is 0 Å². The standard InChI is InChI=1S/C15H24N2O/c1-17(14-7-10-16-11-8-14)12-9-13-3-5-15(18-2)6-4-13/h3-6,14,16H,7-12H2,1-2H3. The third-order valence-electron chi connectivity index (χ3n) is 3.84. The van der Waals surface area contributed by atoms with E-state index in [-0.39, 0.29) is 0 Å². The zero-order valence-electron chi connectivity index (χ0n) is 11.5. The lowest BCUT2D eigenvalue weighted by molar-refractivity contribution is 0.201. The Morgan fingerprint density at radius 2 is 1.89 bits per heavy atom. The summed E-state index contributed by atoms with van der Waals surface area (Å²) in [6.45, 7) is 3.46. The number of rotatable bonds is 5. The van der Waals surface area contributed by atoms with Crippen LogP contribution >= 0.6 is 0 Å². The molecule has 3 heteroatoms. The maximum atomic E-state index is 5.17. The fourth-order valence-electron chi connectivity index (χ4n) is 2.53. The van der Waals surface area contributed by atoms with Crippen LogP contribution in [0.3, 0.4) is 0 Å². The molecule has 100 valence electrons. The van der Waals surface area contributed by atoms with Crippen LogP contribution in [0.5, 0.6) is 5.75 Å². The molecule has 1 heterocycles. The van der Waals surface area contributed by atoms with Crippen LogP contribution in [0, 0.1) is 0 Å². The fourth-order valence-corrected chi connectivity index (χ4v) is 2.53. The molecule has 1 aliphatic rings. The minimum absolute atomic E-state index is 0.754. The number of nitrogens with zero attached hydrogens (tertiary/aromatic N) is 1. The van der Waals surface area contributed by atoms with Crippen molar-refractivity contribution < 1.29 is 4.74 Å². The molecule has 0 radical (unpaired) electrons. The Bertz CT molecular complexity index is 344. The van der Waals surface area contributed by atoms with Gasteiger partial charge in [0.2, 0.25) is 0 Å². The number of hydrogen-bond acceptors (Lipinski definition) is 3. The summed E-state index contributed by atoms with van der Waals surface area (Å²) >= 11 is 0. The maximum Gasteiger partial charge on any atom is 0.118 e. The van der Waals surface area contributed by atoms with E-state index in [9.17, 15) is 0 Å². The minimum Gasteiger partial charge on any atom is -0.497 e. The van der Waals surface area contributed by atoms with Crippen LogP contribution in [0.15, 0.2) is 24.3 Å². The zero-order chi connectivity index (χ0) is 12.8. The van der Waals surface area contributed by atoms with Gasteiger partial charge in [0.05, 0.1) is 7.11 Å². The molecule has 0 amide bonds. The molecule has 0 spiro atoms. The minimum atomic E-state index is 0.754. The molecule has 0 bridgehead atoms. The van der Waals surface area contributed by atoms with Crippen molar-refractivity contribution in [2.24, 2.45) is 0 Å². The monoisotopic (exact) mass is 248 g/mol. The first kappa shape index (κ1) is 13.4. The van der Waals surface area contributed by atoms with Crippen molar-refractivity contribution in [3.63, 3.8) is 0 Å². The number of nitrogens with one attached hydrogen (secondary N) is 1. The van der Waals surface area contributed by atoms with E-state index in [1.165, 1.54) is 18.4 Å². The molecule has 3 nitrogen and oxygen atoms in total. The average Bonchev–Trinajstić information content (AvgIpc) is 2.46. The van der Waals surface area contributed by atoms with Gasteiger partial charge in [0.15, 0.2) is 0 Å². The maximum absolute atomic E-state index is 5.17. The lowest BCUT2D eigenvalue weighted by Gasteiger charge is -2.31. The van der Waals surface area contributed by atoms with Gasteiger partial charge in [-0.05, 0) is 57.1 Å². The van der Waals surface area contributed by atoms with Gasteiger partial charge in [0.1, 0.15) is 5.75 Å². The highest BCUT2D eigenvalue weighted by Gasteiger charge is 2.16. The van der Waals surface area contributed by atoms with E-state index in [0.29, 0.717) is 0 Å². The van der Waals surface area contributed by atoms with Gasteiger partial charge in [-0.25, -0.2) is 0 Å². The van der Waals surface area contributed by atoms with Crippen LogP contribution in [0.25, 0.3) is 0 Å². The Balaban J connectivity index is 1.78. The number of likely N-dealkylation sites (N-methyl/N-ethyl adjacent to an activating group) is 1. The van der Waals surface area contributed by atoms with Crippen molar-refractivity contribution in [2.45, 2.75) is 25.3 Å². The second kappa shape index (κ2) is 6.76. The SMILES string of the molecule is COc1ccc(CCN(C)C2CCNCC2)cc1. The van der Waals surface area contributed by atoms with Crippen LogP contribution < -0.4 is 10.1 Å². The largest absolute Gasteiger partial charge is 0.497 e. The summed E-state index contributed by atoms with van der Waals surface area (Å²) in [5, 5.41) is 3.42. The lowest BCUT2D eigenvalue weighted by Crippen LogP contribution is -2.41. The van der Waals surface area contributed by atoms with E-state index < -0.39 is 0 Å². The molecule has 1 N–H and O–H groups in total. The second-order valence-corrected chi connectivity index (χ2v) is 5.06. The second-order valence-electron chi connectivity index (χ2n) is 5.06. The van der Waals surface area contributed by atoms with E-state index >= 15 is 0 Å². The summed E-state index contributed by atoms with van der Waals surface area (Å²) in [6.07, 6.45) is 3.67. The average molecular weight is 248 g/mol. The number of methoxy groups -OCH3 is 1. The van der Waals surface area contributed by atoms with Crippen molar-refractivity contribution in [3.05, 3.63) is 29.8 Å². The topological polar surface area (TPSA) is 24.5 Å². The van der Waals surface area contributed by atoms with Gasteiger partial charge < -0.3 is 15.0 Å². The van der Waals surface area contributed by atoms with Crippen LogP contribution in [0.2, 0.25) is 0 Å². The molecule has 0 unspecified atom stereocenters. The van der Waals surface area contributed by atoms with E-state index in [0.717, 1.165) is 37.8 Å². The highest BCUT2D eigenvalue weighted by molar-refractivity contribution is 5.27. The molecule has 0 aliphatic carbocycles. The molecular weight excluding hydrogens is 224 g/mol. The Kier molecular flexibility index (Phi) is 5.02. The highest BCUT2D eigenvalue weighted by atomic mass is 16.5. The van der Waals surface area contributed by atoms with Gasteiger partial charge in [-0.2, -0.15) is 0 Å². The molecule has 1 fully saturated rings. The first-order valence-corrected chi connectivity index (χ1v) is 6.83. The lowest BCUT2D eigenvalue weighted by atomic mass is 10.0. The molecular formula is C15H24N2O. The van der Waals surface area contributed by atoms with E-state index in [2.05, 4.69) is 29.4 Å². The van der Waals surface area contributed by atoms with Gasteiger partial charge in [-0.15, -0.1) is 0 Å². The first-order valence-electron chi connectivity index (χ1n) is 6.83. The van der Waals surface area contributed by atoms with Gasteiger partial charge in [-0.1, -0.05) is 12.1 Å². The molecule has 0 saturated carbocycles. The Labute approximate surface area is 110 Å². The number of piperidine rings is 1. The molecule has 1 aliphatic heterocycles. The van der Waals surface area contributed by atoms with Crippen LogP contribution in [0.1, 0.15) is 18.4 Å². The van der Waals surface area contributed by atoms with E-state index in [1.807, 2.05) is 12.1 Å². The quantitative estimate of drug-likeness (QED) is 0.861. The molecule has 1 saturated heterocycles. The van der Waals surface area contributed by atoms with Crippen LogP contribution in [-0.2, 0) is 6.42 Å². The molecule has 0 aromatic heterocycles. The van der Waals surface area contributed by atoms with E-state index in [4.69, 9.17) is 4.74 Å². The predicted molar refractivity (Wildman–Crippen MR) is 75.2 cm³/mol. The highest BCUT2D eigenvalue weighted by Crippen LogP contribution is 2.14. The van der Waals surface area contributed by atoms with Crippen LogP contribution in [0.4, 0.5) is 0 Å². The Morgan fingerprint density at radius 3 is 2.50 bits per heavy atom. The molecule has 1 aromatic carbocycles. The summed E-state index contributed by atoms with van der Waals surface area (Å²) in [6, 6.07) is 9.16. The van der Waals surface area contributed by atoms with Crippen molar-refractivity contribution in [1.29, 1.82) is 0 Å². The summed E-state index contributed by atoms with van der Waals surface area (Å²) < 4.78 is 5.17. The third kappa shape index (κ3) is 3.72. The number of hydrogen-bond donors (Lipinski definition) is 1. The molecule has 18 heavy (non-hydrogen) atoms. The third-order valence-corrected chi connectivity index (χ3v) is 3.84. The van der Waals surface area contributed by atoms with Gasteiger partial charge in [0.25, 0.3) is 0 Å². The number of ether oxygens (including phenoxy) is 1. The predicted octanol–water partition coefficient (Wildman–Crippen LogP) is 1.92. The van der Waals surface area contributed by atoms with Crippen molar-refractivity contribution in [3.8, 4) is 5.75 Å². The first-order chi connectivity index (χ1) is 8.79. The normalized spacial score (nSPS) is 17.1. The summed E-state index contributed by atoms with van der Waals surface area (Å²) in [7, 11) is 3.96. The summed E-state index contributed by atoms with van der Waals surface area (Å²) in [5.41, 5.74) is 1.39. The van der Waals surface area contributed by atoms with Crippen LogP contribution in [-0.4, -0.2) is 44.7 Å². The zero-order valence-corrected chi connectivity index (χ0v) is 11.5. The molecule has 1 aromatic rings. The molecule has 0 atom stereocenters. The van der Waals surface area contributed by atoms with Gasteiger partial charge in [0, 0.05) is 12.6 Å². The van der Waals surface area contributed by atoms with Crippen molar-refractivity contribution in [1.82, 2.24) is 10.2 Å². The van der Waals surface area contributed by atoms with Crippen molar-refractivity contribution in [2.75, 3.05) is 33.8 Å². The fraction of sp³-hybridized carbons (Fsp3) is 0.600. The molecule has 2 rings (SSSR count).